The Morgan fingerprint density at radius 1 is 1.39 bits per heavy atom. The third kappa shape index (κ3) is 5.28. The molecule has 3 nitrogen and oxygen atoms in total. The summed E-state index contributed by atoms with van der Waals surface area (Å²) < 4.78 is 3.66. The van der Waals surface area contributed by atoms with Crippen LogP contribution in [0, 0.1) is 0 Å². The number of rotatable bonds is 5. The lowest BCUT2D eigenvalue weighted by atomic mass is 10.3. The summed E-state index contributed by atoms with van der Waals surface area (Å²) in [6.45, 7) is 2.16. The summed E-state index contributed by atoms with van der Waals surface area (Å²) in [5.74, 6) is 0. The lowest BCUT2D eigenvalue weighted by Crippen LogP contribution is -2.22. The summed E-state index contributed by atoms with van der Waals surface area (Å²) in [5, 5.41) is -0.170. The van der Waals surface area contributed by atoms with Crippen molar-refractivity contribution >= 4 is 55.7 Å². The summed E-state index contributed by atoms with van der Waals surface area (Å²) in [4.78, 5) is 13.4. The van der Waals surface area contributed by atoms with Crippen molar-refractivity contribution in [3.05, 3.63) is 30.3 Å². The largest absolute Gasteiger partial charge is 0.338 e. The lowest BCUT2D eigenvalue weighted by molar-refractivity contribution is 0.149. The molecule has 0 heterocycles. The van der Waals surface area contributed by atoms with Gasteiger partial charge >= 0.3 is 0 Å². The van der Waals surface area contributed by atoms with Crippen molar-refractivity contribution < 1.29 is 9.53 Å². The fourth-order valence-corrected chi connectivity index (χ4v) is 3.41. The number of ether oxygens (including phenoxy) is 1. The van der Waals surface area contributed by atoms with Crippen LogP contribution in [0.2, 0.25) is 0 Å². The van der Waals surface area contributed by atoms with Gasteiger partial charge < -0.3 is 9.64 Å². The zero-order chi connectivity index (χ0) is 13.6. The van der Waals surface area contributed by atoms with Crippen LogP contribution < -0.4 is 4.90 Å². The number of halogens is 2. The Kier molecular flexibility index (Phi) is 6.66. The van der Waals surface area contributed by atoms with Gasteiger partial charge in [0.1, 0.15) is 0 Å². The van der Waals surface area contributed by atoms with E-state index in [9.17, 15) is 4.79 Å². The highest BCUT2D eigenvalue weighted by atomic mass is 35.5. The highest BCUT2D eigenvalue weighted by Crippen LogP contribution is 2.44. The van der Waals surface area contributed by atoms with E-state index in [1.54, 1.807) is 14.0 Å². The standard InChI is InChI=1S/C11H13Cl2NO2S2/c1-3-16-11(12,13)18-17-10(15)14(2)9-7-5-4-6-8-9/h4-8H,3H2,1-2H3. The number of benzene rings is 1. The summed E-state index contributed by atoms with van der Waals surface area (Å²) >= 11 is 11.7. The maximum Gasteiger partial charge on any atom is 0.296 e. The van der Waals surface area contributed by atoms with Crippen LogP contribution in [-0.2, 0) is 4.74 Å². The van der Waals surface area contributed by atoms with Crippen LogP contribution in [0.5, 0.6) is 0 Å². The van der Waals surface area contributed by atoms with Gasteiger partial charge in [0.15, 0.2) is 0 Å². The van der Waals surface area contributed by atoms with Gasteiger partial charge in [-0.05, 0) is 29.9 Å². The Morgan fingerprint density at radius 3 is 2.56 bits per heavy atom. The van der Waals surface area contributed by atoms with Crippen LogP contribution >= 0.6 is 44.8 Å². The van der Waals surface area contributed by atoms with Gasteiger partial charge in [0, 0.05) is 30.1 Å². The van der Waals surface area contributed by atoms with Crippen molar-refractivity contribution in [1.82, 2.24) is 0 Å². The third-order valence-electron chi connectivity index (χ3n) is 1.94. The van der Waals surface area contributed by atoms with Gasteiger partial charge in [-0.3, -0.25) is 4.79 Å². The van der Waals surface area contributed by atoms with Gasteiger partial charge in [-0.15, -0.1) is 0 Å². The van der Waals surface area contributed by atoms with E-state index in [-0.39, 0.29) is 5.24 Å². The van der Waals surface area contributed by atoms with Gasteiger partial charge in [0.05, 0.1) is 0 Å². The minimum absolute atomic E-state index is 0.170. The number of carbonyl (C=O) groups excluding carboxylic acids is 1. The Hall–Kier alpha value is -0.0700. The lowest BCUT2D eigenvalue weighted by Gasteiger charge is -2.20. The number of hydrogen-bond acceptors (Lipinski definition) is 4. The van der Waals surface area contributed by atoms with E-state index in [1.165, 1.54) is 4.90 Å². The molecule has 100 valence electrons. The third-order valence-corrected chi connectivity index (χ3v) is 5.36. The molecule has 1 amide bonds. The topological polar surface area (TPSA) is 29.5 Å². The normalized spacial score (nSPS) is 11.3. The number of amides is 1. The molecule has 1 aromatic rings. The molecular formula is C11H13Cl2NO2S2. The molecule has 0 aromatic heterocycles. The van der Waals surface area contributed by atoms with E-state index in [2.05, 4.69) is 0 Å². The van der Waals surface area contributed by atoms with Crippen LogP contribution in [-0.4, -0.2) is 22.7 Å². The van der Waals surface area contributed by atoms with Gasteiger partial charge in [-0.25, -0.2) is 0 Å². The van der Waals surface area contributed by atoms with Crippen LogP contribution in [0.15, 0.2) is 30.3 Å². The minimum Gasteiger partial charge on any atom is -0.338 e. The smallest absolute Gasteiger partial charge is 0.296 e. The average molecular weight is 326 g/mol. The van der Waals surface area contributed by atoms with Crippen molar-refractivity contribution in [1.29, 1.82) is 0 Å². The van der Waals surface area contributed by atoms with Crippen LogP contribution in [0.4, 0.5) is 10.5 Å². The first-order chi connectivity index (χ1) is 8.46. The molecule has 0 aliphatic rings. The first-order valence-corrected chi connectivity index (χ1v) is 8.07. The van der Waals surface area contributed by atoms with E-state index in [4.69, 9.17) is 27.9 Å². The van der Waals surface area contributed by atoms with Crippen LogP contribution in [0.1, 0.15) is 6.92 Å². The van der Waals surface area contributed by atoms with Crippen molar-refractivity contribution in [3.8, 4) is 0 Å². The monoisotopic (exact) mass is 325 g/mol. The number of anilines is 1. The highest BCUT2D eigenvalue weighted by molar-refractivity contribution is 8.83. The second-order valence-corrected chi connectivity index (χ2v) is 7.19. The molecule has 0 atom stereocenters. The molecule has 0 aliphatic heterocycles. The Labute approximate surface area is 125 Å². The summed E-state index contributed by atoms with van der Waals surface area (Å²) in [6, 6.07) is 9.32. The first kappa shape index (κ1) is 16.0. The highest BCUT2D eigenvalue weighted by Gasteiger charge is 2.28. The van der Waals surface area contributed by atoms with E-state index in [0.29, 0.717) is 6.61 Å². The maximum atomic E-state index is 11.9. The van der Waals surface area contributed by atoms with Gasteiger partial charge in [0.2, 0.25) is 0 Å². The summed E-state index contributed by atoms with van der Waals surface area (Å²) in [6.07, 6.45) is 0. The van der Waals surface area contributed by atoms with Crippen LogP contribution in [0.3, 0.4) is 0 Å². The van der Waals surface area contributed by atoms with Crippen molar-refractivity contribution in [2.45, 2.75) is 10.8 Å². The molecule has 0 saturated carbocycles. The first-order valence-electron chi connectivity index (χ1n) is 5.16. The van der Waals surface area contributed by atoms with Crippen LogP contribution in [0.25, 0.3) is 0 Å². The average Bonchev–Trinajstić information content (AvgIpc) is 2.36. The van der Waals surface area contributed by atoms with Crippen molar-refractivity contribution in [2.75, 3.05) is 18.6 Å². The van der Waals surface area contributed by atoms with Crippen molar-refractivity contribution in [2.24, 2.45) is 0 Å². The number of para-hydroxylation sites is 1. The molecule has 1 rings (SSSR count). The maximum absolute atomic E-state index is 11.9. The Balaban J connectivity index is 2.51. The molecule has 0 fully saturated rings. The Morgan fingerprint density at radius 2 is 2.00 bits per heavy atom. The van der Waals surface area contributed by atoms with Crippen molar-refractivity contribution in [3.63, 3.8) is 0 Å². The molecule has 0 N–H and O–H groups in total. The molecule has 1 aromatic carbocycles. The zero-order valence-electron chi connectivity index (χ0n) is 9.93. The number of carbonyl (C=O) groups is 1. The quantitative estimate of drug-likeness (QED) is 0.444. The number of alkyl halides is 2. The fourth-order valence-electron chi connectivity index (χ4n) is 1.09. The van der Waals surface area contributed by atoms with Gasteiger partial charge in [-0.2, -0.15) is 0 Å². The molecule has 0 saturated heterocycles. The molecular weight excluding hydrogens is 313 g/mol. The predicted octanol–water partition coefficient (Wildman–Crippen LogP) is 4.75. The molecule has 0 bridgehead atoms. The molecule has 0 aliphatic carbocycles. The second kappa shape index (κ2) is 7.50. The molecule has 7 heteroatoms. The zero-order valence-corrected chi connectivity index (χ0v) is 13.1. The Bertz CT molecular complexity index is 390. The fraction of sp³-hybridized carbons (Fsp3) is 0.364. The van der Waals surface area contributed by atoms with Gasteiger partial charge in [-0.1, -0.05) is 41.4 Å². The summed E-state index contributed by atoms with van der Waals surface area (Å²) in [7, 11) is 3.60. The molecule has 0 unspecified atom stereocenters. The van der Waals surface area contributed by atoms with E-state index in [0.717, 1.165) is 27.3 Å². The van der Waals surface area contributed by atoms with E-state index in [1.807, 2.05) is 30.3 Å². The SMILES string of the molecule is CCOC(Cl)(Cl)SSC(=O)N(C)c1ccccc1. The minimum atomic E-state index is -1.41. The number of nitrogens with zero attached hydrogens (tertiary/aromatic N) is 1. The van der Waals surface area contributed by atoms with E-state index < -0.39 is 3.85 Å². The summed E-state index contributed by atoms with van der Waals surface area (Å²) in [5.41, 5.74) is 0.807. The predicted molar refractivity (Wildman–Crippen MR) is 81.5 cm³/mol. The van der Waals surface area contributed by atoms with E-state index >= 15 is 0 Å². The molecule has 0 radical (unpaired) electrons. The second-order valence-electron chi connectivity index (χ2n) is 3.22. The van der Waals surface area contributed by atoms with Gasteiger partial charge in [0.25, 0.3) is 9.09 Å². The molecule has 18 heavy (non-hydrogen) atoms. The number of hydrogen-bond donors (Lipinski definition) is 0. The molecule has 0 spiro atoms.